The predicted molar refractivity (Wildman–Crippen MR) is 37.7 cm³/mol. The van der Waals surface area contributed by atoms with Crippen LogP contribution in [0.4, 0.5) is 0 Å². The van der Waals surface area contributed by atoms with Gasteiger partial charge in [0.2, 0.25) is 0 Å². The first-order chi connectivity index (χ1) is 4.16. The molecule has 0 N–H and O–H groups in total. The zero-order chi connectivity index (χ0) is 7.28. The number of rotatable bonds is 1. The molecule has 0 bridgehead atoms. The van der Waals surface area contributed by atoms with E-state index in [1.807, 2.05) is 0 Å². The van der Waals surface area contributed by atoms with Crippen LogP contribution in [-0.4, -0.2) is 10.9 Å². The van der Waals surface area contributed by atoms with Crippen LogP contribution < -0.4 is 0 Å². The van der Waals surface area contributed by atoms with Crippen molar-refractivity contribution in [2.45, 2.75) is 13.8 Å². The number of hydrogen-bond donors (Lipinski definition) is 0. The van der Waals surface area contributed by atoms with E-state index >= 15 is 0 Å². The van der Waals surface area contributed by atoms with Crippen LogP contribution in [0.15, 0.2) is 10.2 Å². The highest BCUT2D eigenvalue weighted by molar-refractivity contribution is 6.64. The van der Waals surface area contributed by atoms with E-state index in [0.29, 0.717) is 10.9 Å². The molecule has 0 aliphatic rings. The molecule has 0 aromatic rings. The molecule has 9 heavy (non-hydrogen) atoms. The summed E-state index contributed by atoms with van der Waals surface area (Å²) in [6.07, 6.45) is 0. The Morgan fingerprint density at radius 1 is 1.44 bits per heavy atom. The second-order valence-corrected chi connectivity index (χ2v) is 1.94. The normalized spacial score (nSPS) is 13.1. The summed E-state index contributed by atoms with van der Waals surface area (Å²) in [5, 5.41) is 15.4. The molecule has 0 fully saturated rings. The van der Waals surface area contributed by atoms with Crippen molar-refractivity contribution in [3.63, 3.8) is 0 Å². The topological polar surface area (TPSA) is 48.5 Å². The minimum absolute atomic E-state index is 0.301. The molecular weight excluding hydrogens is 138 g/mol. The third-order valence-corrected chi connectivity index (χ3v) is 0.575. The number of halogens is 1. The third kappa shape index (κ3) is 4.98. The highest BCUT2D eigenvalue weighted by atomic mass is 35.5. The van der Waals surface area contributed by atoms with Crippen molar-refractivity contribution >= 4 is 22.5 Å². The van der Waals surface area contributed by atoms with Gasteiger partial charge in [-0.05, 0) is 13.8 Å². The summed E-state index contributed by atoms with van der Waals surface area (Å²) >= 11 is 5.31. The first-order valence-electron chi connectivity index (χ1n) is 2.31. The van der Waals surface area contributed by atoms with Crippen molar-refractivity contribution in [2.24, 2.45) is 10.2 Å². The van der Waals surface area contributed by atoms with Gasteiger partial charge in [0.05, 0.1) is 0 Å². The molecule has 0 heterocycles. The summed E-state index contributed by atoms with van der Waals surface area (Å²) in [6, 6.07) is 1.80. The molecule has 0 saturated carbocycles. The van der Waals surface area contributed by atoms with Crippen LogP contribution in [0.25, 0.3) is 0 Å². The molecule has 4 heteroatoms. The van der Waals surface area contributed by atoms with Gasteiger partial charge in [0, 0.05) is 0 Å². The van der Waals surface area contributed by atoms with Crippen molar-refractivity contribution in [2.75, 3.05) is 0 Å². The van der Waals surface area contributed by atoms with Crippen LogP contribution in [0.1, 0.15) is 13.8 Å². The molecular formula is C5H6ClN3. The van der Waals surface area contributed by atoms with E-state index in [4.69, 9.17) is 16.9 Å². The van der Waals surface area contributed by atoms with Gasteiger partial charge >= 0.3 is 0 Å². The van der Waals surface area contributed by atoms with Gasteiger partial charge in [0.1, 0.15) is 17.0 Å². The summed E-state index contributed by atoms with van der Waals surface area (Å²) in [7, 11) is 0. The fourth-order valence-corrected chi connectivity index (χ4v) is 0.204. The lowest BCUT2D eigenvalue weighted by Crippen LogP contribution is -1.82. The Hall–Kier alpha value is -0.880. The van der Waals surface area contributed by atoms with Crippen LogP contribution in [0, 0.1) is 11.3 Å². The van der Waals surface area contributed by atoms with Gasteiger partial charge in [-0.2, -0.15) is 5.26 Å². The van der Waals surface area contributed by atoms with E-state index in [-0.39, 0.29) is 0 Å². The summed E-state index contributed by atoms with van der Waals surface area (Å²) in [5.41, 5.74) is 0.301. The van der Waals surface area contributed by atoms with E-state index in [2.05, 4.69) is 10.2 Å². The van der Waals surface area contributed by atoms with Crippen LogP contribution >= 0.6 is 11.6 Å². The van der Waals surface area contributed by atoms with Gasteiger partial charge in [0.15, 0.2) is 0 Å². The molecule has 0 rings (SSSR count). The first kappa shape index (κ1) is 8.12. The molecule has 0 spiro atoms. The number of nitrogens with zero attached hydrogens (tertiary/aromatic N) is 3. The van der Waals surface area contributed by atoms with Gasteiger partial charge in [0.25, 0.3) is 0 Å². The maximum Gasteiger partial charge on any atom is 0.137 e. The van der Waals surface area contributed by atoms with E-state index in [1.54, 1.807) is 19.9 Å². The Kier molecular flexibility index (Phi) is 3.65. The van der Waals surface area contributed by atoms with Crippen LogP contribution in [0.2, 0.25) is 0 Å². The second-order valence-electron chi connectivity index (χ2n) is 1.39. The highest BCUT2D eigenvalue weighted by Crippen LogP contribution is 1.84. The smallest absolute Gasteiger partial charge is 0.137 e. The maximum absolute atomic E-state index is 8.15. The van der Waals surface area contributed by atoms with E-state index < -0.39 is 0 Å². The van der Waals surface area contributed by atoms with Crippen molar-refractivity contribution < 1.29 is 0 Å². The second kappa shape index (κ2) is 4.04. The molecule has 0 saturated heterocycles. The molecule has 0 unspecified atom stereocenters. The fourth-order valence-electron chi connectivity index (χ4n) is 0.166. The van der Waals surface area contributed by atoms with Gasteiger partial charge in [-0.25, -0.2) is 0 Å². The van der Waals surface area contributed by atoms with Crippen LogP contribution in [0.3, 0.4) is 0 Å². The van der Waals surface area contributed by atoms with Crippen molar-refractivity contribution in [3.8, 4) is 6.07 Å². The predicted octanol–water partition coefficient (Wildman–Crippen LogP) is 1.54. The summed E-state index contributed by atoms with van der Waals surface area (Å²) < 4.78 is 0. The largest absolute Gasteiger partial charge is 0.191 e. The van der Waals surface area contributed by atoms with Gasteiger partial charge < -0.3 is 0 Å². The Balaban J connectivity index is 4.03. The van der Waals surface area contributed by atoms with Crippen molar-refractivity contribution in [1.29, 1.82) is 5.26 Å². The molecule has 0 aromatic carbocycles. The van der Waals surface area contributed by atoms with E-state index in [1.165, 1.54) is 0 Å². The molecule has 0 aliphatic heterocycles. The van der Waals surface area contributed by atoms with Crippen molar-refractivity contribution in [3.05, 3.63) is 0 Å². The summed E-state index contributed by atoms with van der Waals surface area (Å²) in [6.45, 7) is 3.15. The molecule has 48 valence electrons. The van der Waals surface area contributed by atoms with E-state index in [9.17, 15) is 0 Å². The van der Waals surface area contributed by atoms with E-state index in [0.717, 1.165) is 0 Å². The zero-order valence-corrected chi connectivity index (χ0v) is 5.98. The molecule has 0 amide bonds. The Morgan fingerprint density at radius 2 is 2.00 bits per heavy atom. The standard InChI is InChI=1S/C5H6ClN3/c1-4(3-7)8-9-5(2)6/h1-2H3/b8-4-,9-5-. The lowest BCUT2D eigenvalue weighted by molar-refractivity contribution is 1.24. The third-order valence-electron chi connectivity index (χ3n) is 0.500. The molecule has 0 aliphatic carbocycles. The average molecular weight is 144 g/mol. The Morgan fingerprint density at radius 3 is 2.33 bits per heavy atom. The van der Waals surface area contributed by atoms with Crippen LogP contribution in [-0.2, 0) is 0 Å². The zero-order valence-electron chi connectivity index (χ0n) is 5.22. The first-order valence-corrected chi connectivity index (χ1v) is 2.69. The van der Waals surface area contributed by atoms with Gasteiger partial charge in [-0.15, -0.1) is 10.2 Å². The number of hydrogen-bond acceptors (Lipinski definition) is 3. The number of nitriles is 1. The summed E-state index contributed by atoms with van der Waals surface area (Å²) in [4.78, 5) is 0. The monoisotopic (exact) mass is 143 g/mol. The fraction of sp³-hybridized carbons (Fsp3) is 0.400. The quantitative estimate of drug-likeness (QED) is 0.406. The summed E-state index contributed by atoms with van der Waals surface area (Å²) in [5.74, 6) is 0. The molecule has 3 nitrogen and oxygen atoms in total. The van der Waals surface area contributed by atoms with Crippen LogP contribution in [0.5, 0.6) is 0 Å². The SMILES string of the molecule is C/C(Cl)=N/N=C(/C)C#N. The minimum Gasteiger partial charge on any atom is -0.191 e. The van der Waals surface area contributed by atoms with Gasteiger partial charge in [-0.1, -0.05) is 11.6 Å². The lowest BCUT2D eigenvalue weighted by Gasteiger charge is -1.79. The Bertz CT molecular complexity index is 183. The van der Waals surface area contributed by atoms with Crippen molar-refractivity contribution in [1.82, 2.24) is 0 Å². The average Bonchev–Trinajstić information content (AvgIpc) is 1.83. The molecule has 0 aromatic heterocycles. The maximum atomic E-state index is 8.15. The van der Waals surface area contributed by atoms with Gasteiger partial charge in [-0.3, -0.25) is 0 Å². The highest BCUT2D eigenvalue weighted by Gasteiger charge is 1.82. The molecule has 0 radical (unpaired) electrons. The molecule has 0 atom stereocenters. The minimum atomic E-state index is 0.301. The Labute approximate surface area is 58.7 Å². The lowest BCUT2D eigenvalue weighted by atomic mass is 10.5.